The van der Waals surface area contributed by atoms with Gasteiger partial charge in [0.25, 0.3) is 0 Å². The summed E-state index contributed by atoms with van der Waals surface area (Å²) in [6.07, 6.45) is 1.50. The van der Waals surface area contributed by atoms with Crippen molar-refractivity contribution in [3.05, 3.63) is 58.7 Å². The summed E-state index contributed by atoms with van der Waals surface area (Å²) in [7, 11) is 1.68. The molecule has 5 heteroatoms. The Labute approximate surface area is 170 Å². The third-order valence-electron chi connectivity index (χ3n) is 4.16. The van der Waals surface area contributed by atoms with Crippen LogP contribution in [0.25, 0.3) is 0 Å². The zero-order valence-electron chi connectivity index (χ0n) is 16.0. The van der Waals surface area contributed by atoms with Crippen LogP contribution >= 0.6 is 0 Å². The van der Waals surface area contributed by atoms with Gasteiger partial charge >= 0.3 is 21.1 Å². The van der Waals surface area contributed by atoms with Crippen molar-refractivity contribution in [2.75, 3.05) is 7.11 Å². The van der Waals surface area contributed by atoms with Crippen molar-refractivity contribution in [3.8, 4) is 11.5 Å². The van der Waals surface area contributed by atoms with E-state index in [0.717, 1.165) is 22.4 Å². The summed E-state index contributed by atoms with van der Waals surface area (Å²) >= 11 is 0. The first-order valence-corrected chi connectivity index (χ1v) is 7.90. The minimum Gasteiger partial charge on any atom is -0.610 e. The summed E-state index contributed by atoms with van der Waals surface area (Å²) < 4.78 is 10.2. The summed E-state index contributed by atoms with van der Waals surface area (Å²) in [6.45, 7) is 11.1. The van der Waals surface area contributed by atoms with Crippen molar-refractivity contribution in [2.24, 2.45) is 0 Å². The third kappa shape index (κ3) is 5.81. The van der Waals surface area contributed by atoms with Crippen LogP contribution in [-0.2, 0) is 36.1 Å². The van der Waals surface area contributed by atoms with E-state index in [4.69, 9.17) is 14.3 Å². The van der Waals surface area contributed by atoms with Gasteiger partial charge in [-0.1, -0.05) is 50.6 Å². The summed E-state index contributed by atoms with van der Waals surface area (Å²) in [5.41, 5.74) is 4.23. The summed E-state index contributed by atoms with van der Waals surface area (Å²) in [6, 6.07) is 12.1. The second-order valence-corrected chi connectivity index (χ2v) is 6.18. The number of aryl methyl sites for hydroxylation is 2. The maximum Gasteiger partial charge on any atom is 2.00 e. The zero-order valence-corrected chi connectivity index (χ0v) is 18.9. The van der Waals surface area contributed by atoms with Gasteiger partial charge in [-0.2, -0.15) is 6.92 Å². The third-order valence-corrected chi connectivity index (χ3v) is 4.16. The van der Waals surface area contributed by atoms with Crippen LogP contribution in [0.15, 0.2) is 36.4 Å². The molecule has 138 valence electrons. The molecule has 0 aliphatic heterocycles. The van der Waals surface area contributed by atoms with E-state index in [9.17, 15) is 4.79 Å². The largest absolute Gasteiger partial charge is 2.00 e. The number of hydrogen-bond acceptors (Lipinski definition) is 4. The molecule has 26 heavy (non-hydrogen) atoms. The molecule has 2 aromatic rings. The van der Waals surface area contributed by atoms with Crippen LogP contribution in [-0.4, -0.2) is 19.9 Å². The van der Waals surface area contributed by atoms with E-state index in [1.165, 1.54) is 25.2 Å². The van der Waals surface area contributed by atoms with E-state index in [-0.39, 0.29) is 26.5 Å². The molecule has 2 aromatic carbocycles. The Bertz CT molecular complexity index is 739. The quantitative estimate of drug-likeness (QED) is 0.551. The summed E-state index contributed by atoms with van der Waals surface area (Å²) in [5.74, 6) is 1.43. The standard InChI is InChI=1S/C19H21O3.C2H3O.W/c1-13-10-15(6-8-17(13)21-5)19(3,4)16-7-9-18(22-12-20)14(2)11-16;1-2-3;/h6-11H,1-5H3;1H3;/q2*-1;+2. The smallest absolute Gasteiger partial charge is 0.610 e. The van der Waals surface area contributed by atoms with E-state index in [1.54, 1.807) is 7.11 Å². The zero-order chi connectivity index (χ0) is 19.0. The molecule has 0 saturated heterocycles. The molecule has 4 nitrogen and oxygen atoms in total. The average Bonchev–Trinajstić information content (AvgIpc) is 2.57. The number of benzene rings is 2. The number of hydrogen-bond donors (Lipinski definition) is 0. The number of methoxy groups -OCH3 is 1. The van der Waals surface area contributed by atoms with E-state index in [0.29, 0.717) is 5.75 Å². The molecule has 0 amide bonds. The van der Waals surface area contributed by atoms with E-state index in [1.807, 2.05) is 38.1 Å². The number of carbonyl (C=O) groups excluding carboxylic acids is 2. The molecule has 0 fully saturated rings. The van der Waals surface area contributed by atoms with Crippen LogP contribution in [0.2, 0.25) is 0 Å². The van der Waals surface area contributed by atoms with Gasteiger partial charge in [-0.25, -0.2) is 0 Å². The summed E-state index contributed by atoms with van der Waals surface area (Å²) in [5, 5.41) is 0. The number of rotatable bonds is 5. The molecule has 0 atom stereocenters. The Morgan fingerprint density at radius 2 is 1.31 bits per heavy atom. The van der Waals surface area contributed by atoms with Gasteiger partial charge in [0.05, 0.1) is 7.11 Å². The normalized spacial score (nSPS) is 9.92. The molecule has 0 aliphatic rings. The van der Waals surface area contributed by atoms with Crippen LogP contribution in [0.3, 0.4) is 0 Å². The van der Waals surface area contributed by atoms with Crippen molar-refractivity contribution < 1.29 is 40.1 Å². The first-order chi connectivity index (χ1) is 11.8. The second-order valence-electron chi connectivity index (χ2n) is 6.18. The fraction of sp³-hybridized carbons (Fsp3) is 0.333. The minimum atomic E-state index is -0.161. The Morgan fingerprint density at radius 3 is 1.65 bits per heavy atom. The molecular formula is C21H24O4W. The van der Waals surface area contributed by atoms with Gasteiger partial charge in [-0.3, -0.25) is 6.29 Å². The fourth-order valence-electron chi connectivity index (χ4n) is 2.63. The van der Waals surface area contributed by atoms with Crippen molar-refractivity contribution in [1.82, 2.24) is 0 Å². The molecule has 0 bridgehead atoms. The second kappa shape index (κ2) is 10.9. The van der Waals surface area contributed by atoms with Crippen LogP contribution in [0.1, 0.15) is 43.0 Å². The Morgan fingerprint density at radius 1 is 0.885 bits per heavy atom. The van der Waals surface area contributed by atoms with Gasteiger partial charge in [0.15, 0.2) is 6.47 Å². The average molecular weight is 524 g/mol. The molecular weight excluding hydrogens is 500 g/mol. The van der Waals surface area contributed by atoms with Gasteiger partial charge in [-0.05, 0) is 35.4 Å². The monoisotopic (exact) mass is 524 g/mol. The molecule has 0 spiro atoms. The number of ether oxygens (including phenoxy) is 2. The Kier molecular flexibility index (Phi) is 10.1. The topological polar surface area (TPSA) is 52.6 Å². The molecule has 0 unspecified atom stereocenters. The molecule has 0 radical (unpaired) electrons. The maximum atomic E-state index is 10.4. The Hall–Kier alpha value is -1.93. The molecule has 2 rings (SSSR count). The van der Waals surface area contributed by atoms with Crippen molar-refractivity contribution >= 4 is 12.8 Å². The predicted octanol–water partition coefficient (Wildman–Crippen LogP) is 4.20. The van der Waals surface area contributed by atoms with Gasteiger partial charge < -0.3 is 19.1 Å². The first kappa shape index (κ1) is 24.1. The van der Waals surface area contributed by atoms with Crippen LogP contribution in [0, 0.1) is 13.8 Å². The molecule has 0 heterocycles. The molecule has 0 aliphatic carbocycles. The van der Waals surface area contributed by atoms with E-state index < -0.39 is 0 Å². The fourth-order valence-corrected chi connectivity index (χ4v) is 2.63. The molecule has 0 saturated carbocycles. The van der Waals surface area contributed by atoms with Crippen molar-refractivity contribution in [2.45, 2.75) is 40.0 Å². The van der Waals surface area contributed by atoms with Gasteiger partial charge in [0, 0.05) is 5.41 Å². The summed E-state index contributed by atoms with van der Waals surface area (Å²) in [4.78, 5) is 19.0. The minimum absolute atomic E-state index is 0. The van der Waals surface area contributed by atoms with Gasteiger partial charge in [0.2, 0.25) is 0 Å². The Balaban J connectivity index is 0.00000146. The molecule has 0 aromatic heterocycles. The maximum absolute atomic E-state index is 10.4. The van der Waals surface area contributed by atoms with E-state index in [2.05, 4.69) is 26.0 Å². The van der Waals surface area contributed by atoms with Gasteiger partial charge in [-0.15, -0.1) is 6.07 Å². The van der Waals surface area contributed by atoms with Gasteiger partial charge in [0.1, 0.15) is 5.75 Å². The SMILES string of the molecule is COc1ccc(C(C)(C)c2ccc(O[C-]=O)c(C)c2)cc1C.C[C-]=O.[W+2]. The van der Waals surface area contributed by atoms with E-state index >= 15 is 0 Å². The predicted molar refractivity (Wildman–Crippen MR) is 98.7 cm³/mol. The van der Waals surface area contributed by atoms with Crippen LogP contribution < -0.4 is 9.47 Å². The first-order valence-electron chi connectivity index (χ1n) is 7.90. The molecule has 0 N–H and O–H groups in total. The van der Waals surface area contributed by atoms with Crippen molar-refractivity contribution in [1.29, 1.82) is 0 Å². The van der Waals surface area contributed by atoms with Crippen LogP contribution in [0.5, 0.6) is 11.5 Å². The van der Waals surface area contributed by atoms with Crippen molar-refractivity contribution in [3.63, 3.8) is 0 Å². The van der Waals surface area contributed by atoms with Crippen LogP contribution in [0.4, 0.5) is 0 Å².